The van der Waals surface area contributed by atoms with E-state index < -0.39 is 0 Å². The predicted octanol–water partition coefficient (Wildman–Crippen LogP) is 1.77. The van der Waals surface area contributed by atoms with E-state index in [-0.39, 0.29) is 5.91 Å². The second-order valence-corrected chi connectivity index (χ2v) is 4.81. The van der Waals surface area contributed by atoms with Gasteiger partial charge >= 0.3 is 0 Å². The summed E-state index contributed by atoms with van der Waals surface area (Å²) in [4.78, 5) is 11.7. The van der Waals surface area contributed by atoms with Crippen LogP contribution in [0.3, 0.4) is 0 Å². The van der Waals surface area contributed by atoms with E-state index >= 15 is 0 Å². The number of halogens is 1. The highest BCUT2D eigenvalue weighted by Gasteiger charge is 2.15. The molecule has 1 saturated heterocycles. The molecule has 1 aromatic rings. The van der Waals surface area contributed by atoms with Crippen LogP contribution in [-0.2, 0) is 0 Å². The minimum absolute atomic E-state index is 0.142. The van der Waals surface area contributed by atoms with Gasteiger partial charge < -0.3 is 15.1 Å². The van der Waals surface area contributed by atoms with Crippen LogP contribution in [0.25, 0.3) is 0 Å². The number of rotatable bonds is 3. The number of amides is 1. The molecule has 2 rings (SSSR count). The van der Waals surface area contributed by atoms with Gasteiger partial charge in [-0.3, -0.25) is 4.79 Å². The fourth-order valence-corrected chi connectivity index (χ4v) is 2.17. The average molecular weight is 287 g/mol. The number of carbonyl (C=O) groups excluding carboxylic acids is 1. The molecule has 0 aliphatic carbocycles. The Kier molecular flexibility index (Phi) is 4.01. The van der Waals surface area contributed by atoms with Gasteiger partial charge in [-0.25, -0.2) is 0 Å². The van der Waals surface area contributed by atoms with Gasteiger partial charge in [-0.05, 0) is 59.9 Å². The Hall–Kier alpha value is -0.810. The summed E-state index contributed by atoms with van der Waals surface area (Å²) in [5.41, 5.74) is 0. The van der Waals surface area contributed by atoms with Crippen molar-refractivity contribution in [2.24, 2.45) is 5.92 Å². The van der Waals surface area contributed by atoms with Gasteiger partial charge in [0.1, 0.15) is 0 Å². The van der Waals surface area contributed by atoms with Gasteiger partial charge in [-0.15, -0.1) is 0 Å². The van der Waals surface area contributed by atoms with Crippen molar-refractivity contribution in [3.63, 3.8) is 0 Å². The van der Waals surface area contributed by atoms with E-state index in [0.717, 1.165) is 13.1 Å². The molecule has 0 aromatic carbocycles. The lowest BCUT2D eigenvalue weighted by Crippen LogP contribution is -2.38. The van der Waals surface area contributed by atoms with Crippen LogP contribution < -0.4 is 10.6 Å². The Balaban J connectivity index is 1.79. The van der Waals surface area contributed by atoms with Gasteiger partial charge in [0.25, 0.3) is 5.91 Å². The highest BCUT2D eigenvalue weighted by Crippen LogP contribution is 2.14. The predicted molar refractivity (Wildman–Crippen MR) is 64.3 cm³/mol. The molecule has 2 heterocycles. The number of nitrogens with one attached hydrogen (secondary N) is 2. The second kappa shape index (κ2) is 5.50. The molecule has 1 amide bonds. The molecule has 1 atom stereocenters. The largest absolute Gasteiger partial charge is 0.444 e. The van der Waals surface area contributed by atoms with Gasteiger partial charge in [0.2, 0.25) is 0 Å². The number of piperidine rings is 1. The molecule has 0 saturated carbocycles. The summed E-state index contributed by atoms with van der Waals surface area (Å²) in [5.74, 6) is 0.753. The summed E-state index contributed by atoms with van der Waals surface area (Å²) >= 11 is 3.17. The first-order chi connectivity index (χ1) is 7.75. The summed E-state index contributed by atoms with van der Waals surface area (Å²) in [6, 6.07) is 3.38. The normalized spacial score (nSPS) is 20.7. The molecule has 1 aromatic heterocycles. The van der Waals surface area contributed by atoms with Crippen LogP contribution in [0, 0.1) is 5.92 Å². The molecular weight excluding hydrogens is 272 g/mol. The zero-order valence-corrected chi connectivity index (χ0v) is 10.5. The molecule has 5 heteroatoms. The van der Waals surface area contributed by atoms with E-state index in [1.165, 1.54) is 12.8 Å². The fraction of sp³-hybridized carbons (Fsp3) is 0.545. The van der Waals surface area contributed by atoms with Crippen molar-refractivity contribution in [1.82, 2.24) is 10.6 Å². The molecule has 2 N–H and O–H groups in total. The molecule has 1 unspecified atom stereocenters. The summed E-state index contributed by atoms with van der Waals surface area (Å²) in [7, 11) is 0. The van der Waals surface area contributed by atoms with Gasteiger partial charge in [0.15, 0.2) is 10.4 Å². The lowest BCUT2D eigenvalue weighted by Gasteiger charge is -2.22. The summed E-state index contributed by atoms with van der Waals surface area (Å²) < 4.78 is 5.75. The fourth-order valence-electron chi connectivity index (χ4n) is 1.86. The van der Waals surface area contributed by atoms with Gasteiger partial charge in [-0.2, -0.15) is 0 Å². The van der Waals surface area contributed by atoms with Crippen LogP contribution in [0.1, 0.15) is 23.4 Å². The van der Waals surface area contributed by atoms with E-state index in [0.29, 0.717) is 22.9 Å². The van der Waals surface area contributed by atoms with Crippen molar-refractivity contribution in [2.75, 3.05) is 19.6 Å². The quantitative estimate of drug-likeness (QED) is 0.891. The Bertz CT molecular complexity index is 359. The van der Waals surface area contributed by atoms with Crippen molar-refractivity contribution in [2.45, 2.75) is 12.8 Å². The lowest BCUT2D eigenvalue weighted by atomic mass is 10.00. The minimum Gasteiger partial charge on any atom is -0.444 e. The smallest absolute Gasteiger partial charge is 0.287 e. The molecule has 1 fully saturated rings. The van der Waals surface area contributed by atoms with Crippen LogP contribution >= 0.6 is 15.9 Å². The summed E-state index contributed by atoms with van der Waals surface area (Å²) in [6.45, 7) is 2.79. The van der Waals surface area contributed by atoms with Crippen LogP contribution in [0.4, 0.5) is 0 Å². The van der Waals surface area contributed by atoms with Crippen molar-refractivity contribution >= 4 is 21.8 Å². The Labute approximate surface area is 103 Å². The Morgan fingerprint density at radius 2 is 2.50 bits per heavy atom. The van der Waals surface area contributed by atoms with E-state index in [1.54, 1.807) is 12.1 Å². The van der Waals surface area contributed by atoms with Crippen molar-refractivity contribution < 1.29 is 9.21 Å². The van der Waals surface area contributed by atoms with Crippen LogP contribution in [-0.4, -0.2) is 25.5 Å². The van der Waals surface area contributed by atoms with Crippen molar-refractivity contribution in [3.8, 4) is 0 Å². The number of hydrogen-bond donors (Lipinski definition) is 2. The van der Waals surface area contributed by atoms with Crippen LogP contribution in [0.5, 0.6) is 0 Å². The SMILES string of the molecule is O=C(NCC1CCCNC1)c1ccc(Br)o1. The maximum atomic E-state index is 11.7. The standard InChI is InChI=1S/C11H15BrN2O2/c12-10-4-3-9(16-10)11(15)14-7-8-2-1-5-13-6-8/h3-4,8,13H,1-2,5-7H2,(H,14,15). The molecule has 0 bridgehead atoms. The molecule has 88 valence electrons. The first kappa shape index (κ1) is 11.7. The van der Waals surface area contributed by atoms with Gasteiger partial charge in [0.05, 0.1) is 0 Å². The van der Waals surface area contributed by atoms with E-state index in [1.807, 2.05) is 0 Å². The third-order valence-corrected chi connectivity index (χ3v) is 3.17. The molecule has 1 aliphatic rings. The first-order valence-electron chi connectivity index (χ1n) is 5.50. The van der Waals surface area contributed by atoms with Crippen molar-refractivity contribution in [3.05, 3.63) is 22.6 Å². The number of furan rings is 1. The minimum atomic E-state index is -0.142. The Morgan fingerprint density at radius 1 is 1.62 bits per heavy atom. The maximum Gasteiger partial charge on any atom is 0.287 e. The summed E-state index contributed by atoms with van der Waals surface area (Å²) in [6.07, 6.45) is 2.36. The van der Waals surface area contributed by atoms with E-state index in [4.69, 9.17) is 4.42 Å². The number of carbonyl (C=O) groups is 1. The third kappa shape index (κ3) is 3.09. The monoisotopic (exact) mass is 286 g/mol. The zero-order valence-electron chi connectivity index (χ0n) is 8.96. The Morgan fingerprint density at radius 3 is 3.12 bits per heavy atom. The summed E-state index contributed by atoms with van der Waals surface area (Å²) in [5, 5.41) is 6.21. The van der Waals surface area contributed by atoms with Crippen LogP contribution in [0.2, 0.25) is 0 Å². The number of hydrogen-bond acceptors (Lipinski definition) is 3. The third-order valence-electron chi connectivity index (χ3n) is 2.75. The van der Waals surface area contributed by atoms with Crippen LogP contribution in [0.15, 0.2) is 21.2 Å². The lowest BCUT2D eigenvalue weighted by molar-refractivity contribution is 0.0916. The zero-order chi connectivity index (χ0) is 11.4. The van der Waals surface area contributed by atoms with E-state index in [9.17, 15) is 4.79 Å². The first-order valence-corrected chi connectivity index (χ1v) is 6.29. The maximum absolute atomic E-state index is 11.7. The molecule has 1 aliphatic heterocycles. The average Bonchev–Trinajstić information content (AvgIpc) is 2.74. The van der Waals surface area contributed by atoms with E-state index in [2.05, 4.69) is 26.6 Å². The van der Waals surface area contributed by atoms with Crippen molar-refractivity contribution in [1.29, 1.82) is 0 Å². The highest BCUT2D eigenvalue weighted by atomic mass is 79.9. The topological polar surface area (TPSA) is 54.3 Å². The van der Waals surface area contributed by atoms with Gasteiger partial charge in [0, 0.05) is 6.54 Å². The van der Waals surface area contributed by atoms with Gasteiger partial charge in [-0.1, -0.05) is 0 Å². The highest BCUT2D eigenvalue weighted by molar-refractivity contribution is 9.10. The second-order valence-electron chi connectivity index (χ2n) is 4.03. The molecule has 4 nitrogen and oxygen atoms in total. The molecule has 16 heavy (non-hydrogen) atoms. The molecular formula is C11H15BrN2O2. The molecule has 0 radical (unpaired) electrons. The molecule has 0 spiro atoms.